The molecule has 0 unspecified atom stereocenters. The number of pyridine rings is 1. The highest BCUT2D eigenvalue weighted by atomic mass is 16.4. The van der Waals surface area contributed by atoms with Crippen LogP contribution in [0.4, 0.5) is 5.69 Å². The molecule has 0 aromatic carbocycles. The van der Waals surface area contributed by atoms with E-state index in [0.29, 0.717) is 18.7 Å². The third-order valence-corrected chi connectivity index (χ3v) is 2.44. The molecule has 0 amide bonds. The fraction of sp³-hybridized carbons (Fsp3) is 0.182. The fourth-order valence-corrected chi connectivity index (χ4v) is 1.59. The van der Waals surface area contributed by atoms with Crippen LogP contribution in [0.25, 0.3) is 0 Å². The first-order valence-electron chi connectivity index (χ1n) is 5.34. The van der Waals surface area contributed by atoms with Crippen LogP contribution in [0.1, 0.15) is 16.1 Å². The number of anilines is 1. The molecule has 0 aliphatic rings. The first kappa shape index (κ1) is 11.9. The van der Waals surface area contributed by atoms with Gasteiger partial charge in [-0.3, -0.25) is 4.79 Å². The molecule has 0 saturated carbocycles. The average Bonchev–Trinajstić information content (AvgIpc) is 2.81. The van der Waals surface area contributed by atoms with Gasteiger partial charge in [0.2, 0.25) is 0 Å². The van der Waals surface area contributed by atoms with Crippen molar-refractivity contribution < 1.29 is 9.90 Å². The Morgan fingerprint density at radius 2 is 2.28 bits per heavy atom. The summed E-state index contributed by atoms with van der Waals surface area (Å²) in [5, 5.41) is 11.9. The Hall–Kier alpha value is -2.57. The predicted molar refractivity (Wildman–Crippen MR) is 64.8 cm³/mol. The second-order valence-corrected chi connectivity index (χ2v) is 3.65. The Bertz CT molecular complexity index is 589. The normalized spacial score (nSPS) is 10.2. The van der Waals surface area contributed by atoms with Crippen molar-refractivity contribution >= 4 is 11.7 Å². The number of carbonyl (C=O) groups is 1. The summed E-state index contributed by atoms with van der Waals surface area (Å²) in [6, 6.07) is 1.53. The molecular weight excluding hydrogens is 236 g/mol. The number of carboxylic acids is 1. The summed E-state index contributed by atoms with van der Waals surface area (Å²) in [4.78, 5) is 31.5. The number of H-pyrrole nitrogens is 2. The predicted octanol–water partition coefficient (Wildman–Crippen LogP) is 0.451. The van der Waals surface area contributed by atoms with Crippen molar-refractivity contribution in [3.05, 3.63) is 46.4 Å². The molecule has 0 bridgehead atoms. The first-order chi connectivity index (χ1) is 8.68. The van der Waals surface area contributed by atoms with E-state index in [-0.39, 0.29) is 5.56 Å². The van der Waals surface area contributed by atoms with Gasteiger partial charge in [-0.05, 0) is 6.07 Å². The molecule has 7 heteroatoms. The van der Waals surface area contributed by atoms with E-state index in [1.165, 1.54) is 12.3 Å². The summed E-state index contributed by atoms with van der Waals surface area (Å²) in [5.41, 5.74) is 0.353. The van der Waals surface area contributed by atoms with Gasteiger partial charge < -0.3 is 20.4 Å². The maximum Gasteiger partial charge on any atom is 0.343 e. The van der Waals surface area contributed by atoms with E-state index in [1.807, 2.05) is 0 Å². The minimum atomic E-state index is -1.25. The highest BCUT2D eigenvalue weighted by molar-refractivity contribution is 5.93. The van der Waals surface area contributed by atoms with Crippen LogP contribution in [0.5, 0.6) is 0 Å². The first-order valence-corrected chi connectivity index (χ1v) is 5.34. The van der Waals surface area contributed by atoms with Crippen LogP contribution in [0.2, 0.25) is 0 Å². The molecule has 0 spiro atoms. The van der Waals surface area contributed by atoms with Gasteiger partial charge in [-0.1, -0.05) is 0 Å². The number of rotatable bonds is 5. The quantitative estimate of drug-likeness (QED) is 0.614. The van der Waals surface area contributed by atoms with Gasteiger partial charge in [0.05, 0.1) is 12.0 Å². The number of aromatic nitrogens is 3. The Labute approximate surface area is 102 Å². The summed E-state index contributed by atoms with van der Waals surface area (Å²) in [6.07, 6.45) is 5.34. The van der Waals surface area contributed by atoms with Crippen LogP contribution in [-0.4, -0.2) is 32.6 Å². The fourth-order valence-electron chi connectivity index (χ4n) is 1.59. The third kappa shape index (κ3) is 2.57. The van der Waals surface area contributed by atoms with E-state index in [1.54, 1.807) is 12.5 Å². The van der Waals surface area contributed by atoms with Crippen molar-refractivity contribution in [3.8, 4) is 0 Å². The molecule has 18 heavy (non-hydrogen) atoms. The number of aromatic amines is 2. The zero-order chi connectivity index (χ0) is 13.0. The van der Waals surface area contributed by atoms with Gasteiger partial charge in [-0.15, -0.1) is 0 Å². The molecule has 0 radical (unpaired) electrons. The second kappa shape index (κ2) is 5.17. The van der Waals surface area contributed by atoms with Gasteiger partial charge >= 0.3 is 5.97 Å². The maximum atomic E-state index is 11.4. The van der Waals surface area contributed by atoms with Gasteiger partial charge in [-0.2, -0.15) is 0 Å². The molecule has 0 aliphatic carbocycles. The molecule has 0 aliphatic heterocycles. The van der Waals surface area contributed by atoms with Gasteiger partial charge in [0, 0.05) is 31.1 Å². The van der Waals surface area contributed by atoms with E-state index in [0.717, 1.165) is 5.69 Å². The van der Waals surface area contributed by atoms with Gasteiger partial charge in [0.25, 0.3) is 5.56 Å². The highest BCUT2D eigenvalue weighted by Gasteiger charge is 2.13. The van der Waals surface area contributed by atoms with Crippen molar-refractivity contribution in [2.75, 3.05) is 11.9 Å². The zero-order valence-corrected chi connectivity index (χ0v) is 9.43. The van der Waals surface area contributed by atoms with Crippen LogP contribution in [-0.2, 0) is 6.42 Å². The lowest BCUT2D eigenvalue weighted by Gasteiger charge is -2.07. The molecule has 7 nitrogen and oxygen atoms in total. The number of nitrogens with zero attached hydrogens (tertiary/aromatic N) is 1. The summed E-state index contributed by atoms with van der Waals surface area (Å²) in [6.45, 7) is 0.506. The van der Waals surface area contributed by atoms with Gasteiger partial charge in [-0.25, -0.2) is 9.78 Å². The topological polar surface area (TPSA) is 111 Å². The van der Waals surface area contributed by atoms with E-state index in [4.69, 9.17) is 5.11 Å². The summed E-state index contributed by atoms with van der Waals surface area (Å²) in [7, 11) is 0. The van der Waals surface area contributed by atoms with Crippen LogP contribution >= 0.6 is 0 Å². The third-order valence-electron chi connectivity index (χ3n) is 2.44. The van der Waals surface area contributed by atoms with E-state index < -0.39 is 11.5 Å². The summed E-state index contributed by atoms with van der Waals surface area (Å²) in [5.74, 6) is -1.25. The second-order valence-electron chi connectivity index (χ2n) is 3.65. The monoisotopic (exact) mass is 248 g/mol. The molecule has 0 saturated heterocycles. The lowest BCUT2D eigenvalue weighted by atomic mass is 10.2. The highest BCUT2D eigenvalue weighted by Crippen LogP contribution is 2.09. The largest absolute Gasteiger partial charge is 0.477 e. The van der Waals surface area contributed by atoms with Crippen molar-refractivity contribution in [2.45, 2.75) is 6.42 Å². The SMILES string of the molecule is O=C(O)c1c(NCCc2cnc[nH]2)cc[nH]c1=O. The van der Waals surface area contributed by atoms with Crippen LogP contribution in [0.3, 0.4) is 0 Å². The summed E-state index contributed by atoms with van der Waals surface area (Å²) < 4.78 is 0. The van der Waals surface area contributed by atoms with Gasteiger partial charge in [0.15, 0.2) is 0 Å². The van der Waals surface area contributed by atoms with Crippen LogP contribution in [0.15, 0.2) is 29.6 Å². The van der Waals surface area contributed by atoms with Crippen molar-refractivity contribution in [3.63, 3.8) is 0 Å². The number of carboxylic acid groups (broad SMARTS) is 1. The Morgan fingerprint density at radius 1 is 1.44 bits per heavy atom. The lowest BCUT2D eigenvalue weighted by molar-refractivity contribution is 0.0696. The molecule has 0 fully saturated rings. The molecule has 94 valence electrons. The van der Waals surface area contributed by atoms with Gasteiger partial charge in [0.1, 0.15) is 5.56 Å². The Kier molecular flexibility index (Phi) is 3.42. The van der Waals surface area contributed by atoms with Crippen molar-refractivity contribution in [1.82, 2.24) is 15.0 Å². The smallest absolute Gasteiger partial charge is 0.343 e. The Balaban J connectivity index is 2.07. The van der Waals surface area contributed by atoms with Crippen molar-refractivity contribution in [2.24, 2.45) is 0 Å². The molecule has 2 aromatic heterocycles. The van der Waals surface area contributed by atoms with Crippen molar-refractivity contribution in [1.29, 1.82) is 0 Å². The average molecular weight is 248 g/mol. The Morgan fingerprint density at radius 3 is 2.94 bits per heavy atom. The minimum absolute atomic E-state index is 0.276. The maximum absolute atomic E-state index is 11.4. The number of aromatic carboxylic acids is 1. The van der Waals surface area contributed by atoms with Crippen LogP contribution < -0.4 is 10.9 Å². The summed E-state index contributed by atoms with van der Waals surface area (Å²) >= 11 is 0. The number of imidazole rings is 1. The molecule has 4 N–H and O–H groups in total. The molecule has 2 aromatic rings. The van der Waals surface area contributed by atoms with E-state index in [2.05, 4.69) is 20.3 Å². The van der Waals surface area contributed by atoms with E-state index >= 15 is 0 Å². The molecule has 2 heterocycles. The number of nitrogens with one attached hydrogen (secondary N) is 3. The molecule has 2 rings (SSSR count). The number of hydrogen-bond donors (Lipinski definition) is 4. The standard InChI is InChI=1S/C11H12N4O3/c16-10-9(11(17)18)8(2-4-14-10)13-3-1-7-5-12-6-15-7/h2,4-6H,1,3H2,(H,12,15)(H,17,18)(H2,13,14,16). The minimum Gasteiger partial charge on any atom is -0.477 e. The molecule has 0 atom stereocenters. The van der Waals surface area contributed by atoms with E-state index in [9.17, 15) is 9.59 Å². The lowest BCUT2D eigenvalue weighted by Crippen LogP contribution is -2.20. The van der Waals surface area contributed by atoms with Crippen LogP contribution in [0, 0.1) is 0 Å². The number of hydrogen-bond acceptors (Lipinski definition) is 4. The zero-order valence-electron chi connectivity index (χ0n) is 9.43. The molecular formula is C11H12N4O3.